The maximum Gasteiger partial charge on any atom is 0.251 e. The highest BCUT2D eigenvalue weighted by molar-refractivity contribution is 5.94. The molecule has 1 aromatic rings. The molecule has 0 aliphatic heterocycles. The van der Waals surface area contributed by atoms with E-state index in [4.69, 9.17) is 4.74 Å². The number of nitrogens with one attached hydrogen (secondary N) is 1. The molecule has 1 fully saturated rings. The number of aliphatic hydroxyl groups excluding tert-OH is 1. The predicted molar refractivity (Wildman–Crippen MR) is 77.9 cm³/mol. The molecule has 1 amide bonds. The van der Waals surface area contributed by atoms with Crippen molar-refractivity contribution in [2.45, 2.75) is 45.3 Å². The number of amides is 1. The zero-order valence-electron chi connectivity index (χ0n) is 12.1. The van der Waals surface area contributed by atoms with Gasteiger partial charge in [-0.25, -0.2) is 0 Å². The van der Waals surface area contributed by atoms with Gasteiger partial charge in [0, 0.05) is 12.1 Å². The van der Waals surface area contributed by atoms with E-state index in [1.165, 1.54) is 0 Å². The molecule has 2 atom stereocenters. The number of aliphatic hydroxyl groups is 1. The Morgan fingerprint density at radius 2 is 2.05 bits per heavy atom. The number of rotatable bonds is 5. The van der Waals surface area contributed by atoms with Gasteiger partial charge in [-0.05, 0) is 63.3 Å². The van der Waals surface area contributed by atoms with Crippen LogP contribution in [0.5, 0.6) is 5.75 Å². The van der Waals surface area contributed by atoms with Crippen molar-refractivity contribution in [3.8, 4) is 5.75 Å². The van der Waals surface area contributed by atoms with E-state index < -0.39 is 0 Å². The van der Waals surface area contributed by atoms with Crippen LogP contribution in [-0.4, -0.2) is 29.8 Å². The van der Waals surface area contributed by atoms with E-state index in [9.17, 15) is 9.90 Å². The Bertz CT molecular complexity index is 442. The lowest BCUT2D eigenvalue weighted by molar-refractivity contribution is 0.0945. The number of hydrogen-bond donors (Lipinski definition) is 2. The van der Waals surface area contributed by atoms with E-state index in [-0.39, 0.29) is 18.1 Å². The second kappa shape index (κ2) is 6.75. The smallest absolute Gasteiger partial charge is 0.251 e. The van der Waals surface area contributed by atoms with Gasteiger partial charge in [-0.1, -0.05) is 0 Å². The third kappa shape index (κ3) is 4.23. The number of ether oxygens (including phenoxy) is 1. The summed E-state index contributed by atoms with van der Waals surface area (Å²) in [6.07, 6.45) is 2.57. The molecular formula is C16H23NO3. The molecule has 2 rings (SSSR count). The molecule has 1 aromatic carbocycles. The first-order valence-electron chi connectivity index (χ1n) is 7.27. The first kappa shape index (κ1) is 14.9. The predicted octanol–water partition coefficient (Wildman–Crippen LogP) is 2.36. The van der Waals surface area contributed by atoms with Crippen LogP contribution in [0.25, 0.3) is 0 Å². The van der Waals surface area contributed by atoms with Crippen molar-refractivity contribution in [3.05, 3.63) is 29.8 Å². The Labute approximate surface area is 120 Å². The average molecular weight is 277 g/mol. The molecule has 1 aliphatic rings. The first-order chi connectivity index (χ1) is 9.54. The van der Waals surface area contributed by atoms with Crippen LogP contribution in [0.15, 0.2) is 24.3 Å². The molecule has 1 saturated carbocycles. The molecular weight excluding hydrogens is 254 g/mol. The Morgan fingerprint density at radius 1 is 1.35 bits per heavy atom. The van der Waals surface area contributed by atoms with Gasteiger partial charge in [0.15, 0.2) is 0 Å². The number of carbonyl (C=O) groups excluding carboxylic acids is 1. The van der Waals surface area contributed by atoms with Crippen molar-refractivity contribution >= 4 is 5.91 Å². The lowest BCUT2D eigenvalue weighted by Gasteiger charge is -2.12. The van der Waals surface area contributed by atoms with Crippen LogP contribution in [0, 0.1) is 5.92 Å². The fourth-order valence-corrected chi connectivity index (χ4v) is 2.53. The van der Waals surface area contributed by atoms with Crippen molar-refractivity contribution in [1.29, 1.82) is 0 Å². The summed E-state index contributed by atoms with van der Waals surface area (Å²) in [6.45, 7) is 4.58. The molecule has 0 radical (unpaired) electrons. The molecule has 0 bridgehead atoms. The van der Waals surface area contributed by atoms with Crippen molar-refractivity contribution in [3.63, 3.8) is 0 Å². The topological polar surface area (TPSA) is 58.6 Å². The Balaban J connectivity index is 1.83. The second-order valence-corrected chi connectivity index (χ2v) is 5.73. The van der Waals surface area contributed by atoms with E-state index in [1.807, 2.05) is 26.0 Å². The summed E-state index contributed by atoms with van der Waals surface area (Å²) in [5.41, 5.74) is 0.639. The molecule has 0 saturated heterocycles. The number of hydrogen-bond acceptors (Lipinski definition) is 3. The summed E-state index contributed by atoms with van der Waals surface area (Å²) in [5.74, 6) is 1.11. The molecule has 0 spiro atoms. The minimum absolute atomic E-state index is 0.0671. The van der Waals surface area contributed by atoms with Crippen molar-refractivity contribution in [2.75, 3.05) is 6.54 Å². The fourth-order valence-electron chi connectivity index (χ4n) is 2.53. The third-order valence-corrected chi connectivity index (χ3v) is 3.55. The van der Waals surface area contributed by atoms with Crippen molar-refractivity contribution < 1.29 is 14.6 Å². The monoisotopic (exact) mass is 277 g/mol. The van der Waals surface area contributed by atoms with Gasteiger partial charge in [-0.3, -0.25) is 4.79 Å². The van der Waals surface area contributed by atoms with Gasteiger partial charge in [-0.15, -0.1) is 0 Å². The lowest BCUT2D eigenvalue weighted by Crippen LogP contribution is -2.28. The highest BCUT2D eigenvalue weighted by Crippen LogP contribution is 2.24. The van der Waals surface area contributed by atoms with Crippen LogP contribution in [0.1, 0.15) is 43.5 Å². The quantitative estimate of drug-likeness (QED) is 0.868. The molecule has 1 aliphatic carbocycles. The fraction of sp³-hybridized carbons (Fsp3) is 0.562. The van der Waals surface area contributed by atoms with Crippen molar-refractivity contribution in [1.82, 2.24) is 5.32 Å². The number of carbonyl (C=O) groups is 1. The summed E-state index contributed by atoms with van der Waals surface area (Å²) >= 11 is 0. The van der Waals surface area contributed by atoms with E-state index in [0.717, 1.165) is 25.0 Å². The normalized spacial score (nSPS) is 22.0. The molecule has 0 heterocycles. The SMILES string of the molecule is CC(C)Oc1ccc(C(=O)NCC2CCC(O)C2)cc1. The van der Waals surface area contributed by atoms with Crippen molar-refractivity contribution in [2.24, 2.45) is 5.92 Å². The summed E-state index contributed by atoms with van der Waals surface area (Å²) in [4.78, 5) is 12.0. The summed E-state index contributed by atoms with van der Waals surface area (Å²) in [6, 6.07) is 7.18. The van der Waals surface area contributed by atoms with Crippen LogP contribution in [0.2, 0.25) is 0 Å². The minimum atomic E-state index is -0.190. The maximum absolute atomic E-state index is 12.0. The summed E-state index contributed by atoms with van der Waals surface area (Å²) < 4.78 is 5.54. The van der Waals surface area contributed by atoms with E-state index in [2.05, 4.69) is 5.32 Å². The van der Waals surface area contributed by atoms with Gasteiger partial charge in [0.1, 0.15) is 5.75 Å². The second-order valence-electron chi connectivity index (χ2n) is 5.73. The van der Waals surface area contributed by atoms with Gasteiger partial charge in [0.05, 0.1) is 12.2 Å². The van der Waals surface area contributed by atoms with E-state index >= 15 is 0 Å². The Morgan fingerprint density at radius 3 is 2.60 bits per heavy atom. The highest BCUT2D eigenvalue weighted by atomic mass is 16.5. The molecule has 2 N–H and O–H groups in total. The van der Waals surface area contributed by atoms with Gasteiger partial charge in [0.2, 0.25) is 0 Å². The van der Waals surface area contributed by atoms with Crippen LogP contribution in [0.3, 0.4) is 0 Å². The standard InChI is InChI=1S/C16H23NO3/c1-11(2)20-15-7-4-13(5-8-15)16(19)17-10-12-3-6-14(18)9-12/h4-5,7-8,11-12,14,18H,3,6,9-10H2,1-2H3,(H,17,19). The molecule has 4 heteroatoms. The molecule has 110 valence electrons. The maximum atomic E-state index is 12.0. The Hall–Kier alpha value is -1.55. The first-order valence-corrected chi connectivity index (χ1v) is 7.27. The van der Waals surface area contributed by atoms with E-state index in [0.29, 0.717) is 18.0 Å². The zero-order valence-corrected chi connectivity index (χ0v) is 12.1. The van der Waals surface area contributed by atoms with Crippen LogP contribution < -0.4 is 10.1 Å². The van der Waals surface area contributed by atoms with Gasteiger partial charge >= 0.3 is 0 Å². The largest absolute Gasteiger partial charge is 0.491 e. The Kier molecular flexibility index (Phi) is 5.01. The van der Waals surface area contributed by atoms with Crippen LogP contribution in [0.4, 0.5) is 0 Å². The van der Waals surface area contributed by atoms with Gasteiger partial charge in [0.25, 0.3) is 5.91 Å². The average Bonchev–Trinajstić information content (AvgIpc) is 2.82. The zero-order chi connectivity index (χ0) is 14.5. The lowest BCUT2D eigenvalue weighted by atomic mass is 10.1. The number of benzene rings is 1. The van der Waals surface area contributed by atoms with Gasteiger partial charge < -0.3 is 15.2 Å². The van der Waals surface area contributed by atoms with E-state index in [1.54, 1.807) is 12.1 Å². The minimum Gasteiger partial charge on any atom is -0.491 e. The van der Waals surface area contributed by atoms with Crippen LogP contribution in [-0.2, 0) is 0 Å². The molecule has 4 nitrogen and oxygen atoms in total. The highest BCUT2D eigenvalue weighted by Gasteiger charge is 2.23. The molecule has 0 aromatic heterocycles. The summed E-state index contributed by atoms with van der Waals surface area (Å²) in [5, 5.41) is 12.4. The molecule has 20 heavy (non-hydrogen) atoms. The summed E-state index contributed by atoms with van der Waals surface area (Å²) in [7, 11) is 0. The third-order valence-electron chi connectivity index (χ3n) is 3.55. The van der Waals surface area contributed by atoms with Crippen LogP contribution >= 0.6 is 0 Å². The molecule has 2 unspecified atom stereocenters. The van der Waals surface area contributed by atoms with Gasteiger partial charge in [-0.2, -0.15) is 0 Å².